The van der Waals surface area contributed by atoms with Gasteiger partial charge in [-0.15, -0.1) is 0 Å². The van der Waals surface area contributed by atoms with Crippen molar-refractivity contribution in [3.8, 4) is 0 Å². The Kier molecular flexibility index (Phi) is 5.97. The van der Waals surface area contributed by atoms with E-state index in [4.69, 9.17) is 4.74 Å². The Morgan fingerprint density at radius 2 is 1.92 bits per heavy atom. The summed E-state index contributed by atoms with van der Waals surface area (Å²) in [6.45, 7) is 4.69. The molecule has 2 saturated heterocycles. The minimum Gasteiger partial charge on any atom is -0.465 e. The van der Waals surface area contributed by atoms with Gasteiger partial charge in [-0.05, 0) is 24.3 Å². The average Bonchev–Trinajstić information content (AvgIpc) is 2.95. The third-order valence-corrected chi connectivity index (χ3v) is 4.62. The third-order valence-electron chi connectivity index (χ3n) is 4.62. The van der Waals surface area contributed by atoms with Crippen LogP contribution in [0.5, 0.6) is 0 Å². The van der Waals surface area contributed by atoms with Gasteiger partial charge in [0.05, 0.1) is 44.0 Å². The molecule has 26 heavy (non-hydrogen) atoms. The second-order valence-corrected chi connectivity index (χ2v) is 6.27. The molecule has 1 aromatic carbocycles. The first kappa shape index (κ1) is 18.5. The number of amides is 2. The molecule has 0 aromatic heterocycles. The first-order valence-corrected chi connectivity index (χ1v) is 8.69. The number of methoxy groups -OCH3 is 1. The van der Waals surface area contributed by atoms with Crippen LogP contribution in [0.4, 0.5) is 5.69 Å². The Morgan fingerprint density at radius 3 is 2.58 bits per heavy atom. The zero-order valence-electron chi connectivity index (χ0n) is 14.8. The second-order valence-electron chi connectivity index (χ2n) is 6.27. The zero-order valence-corrected chi connectivity index (χ0v) is 14.8. The van der Waals surface area contributed by atoms with Crippen molar-refractivity contribution in [2.45, 2.75) is 12.5 Å². The van der Waals surface area contributed by atoms with Gasteiger partial charge in [0, 0.05) is 26.2 Å². The molecule has 1 unspecified atom stereocenters. The monoisotopic (exact) mass is 361 g/mol. The van der Waals surface area contributed by atoms with Crippen molar-refractivity contribution in [1.82, 2.24) is 10.2 Å². The molecule has 2 heterocycles. The van der Waals surface area contributed by atoms with E-state index in [-0.39, 0.29) is 18.2 Å². The number of imide groups is 1. The maximum Gasteiger partial charge on any atom is 0.337 e. The van der Waals surface area contributed by atoms with Gasteiger partial charge in [-0.25, -0.2) is 9.69 Å². The molecule has 2 amide bonds. The van der Waals surface area contributed by atoms with E-state index in [1.54, 1.807) is 24.3 Å². The lowest BCUT2D eigenvalue weighted by atomic mass is 10.2. The van der Waals surface area contributed by atoms with Gasteiger partial charge in [-0.3, -0.25) is 14.5 Å². The summed E-state index contributed by atoms with van der Waals surface area (Å²) in [5.41, 5.74) is 0.834. The van der Waals surface area contributed by atoms with Gasteiger partial charge in [-0.2, -0.15) is 0 Å². The molecule has 0 saturated carbocycles. The maximum absolute atomic E-state index is 12.6. The molecular formula is C18H23N3O5. The largest absolute Gasteiger partial charge is 0.465 e. The molecule has 3 rings (SSSR count). The van der Waals surface area contributed by atoms with Crippen LogP contribution in [0.3, 0.4) is 0 Å². The summed E-state index contributed by atoms with van der Waals surface area (Å²) in [5, 5.41) is 3.18. The highest BCUT2D eigenvalue weighted by Crippen LogP contribution is 2.23. The summed E-state index contributed by atoms with van der Waals surface area (Å²) in [4.78, 5) is 39.8. The van der Waals surface area contributed by atoms with Crippen LogP contribution in [-0.4, -0.2) is 75.2 Å². The number of benzene rings is 1. The molecule has 1 atom stereocenters. The van der Waals surface area contributed by atoms with E-state index in [1.807, 2.05) is 0 Å². The number of nitrogens with zero attached hydrogens (tertiary/aromatic N) is 2. The summed E-state index contributed by atoms with van der Waals surface area (Å²) >= 11 is 0. The summed E-state index contributed by atoms with van der Waals surface area (Å²) in [7, 11) is 1.30. The predicted octanol–water partition coefficient (Wildman–Crippen LogP) is 0.0269. The first-order chi connectivity index (χ1) is 12.6. The fourth-order valence-electron chi connectivity index (χ4n) is 3.15. The number of nitrogens with one attached hydrogen (secondary N) is 1. The Balaban J connectivity index is 1.57. The topological polar surface area (TPSA) is 88.2 Å². The highest BCUT2D eigenvalue weighted by Gasteiger charge is 2.39. The molecule has 2 aliphatic heterocycles. The van der Waals surface area contributed by atoms with Gasteiger partial charge in [0.15, 0.2) is 0 Å². The predicted molar refractivity (Wildman–Crippen MR) is 93.9 cm³/mol. The highest BCUT2D eigenvalue weighted by molar-refractivity contribution is 6.22. The number of hydrogen-bond acceptors (Lipinski definition) is 7. The second kappa shape index (κ2) is 8.39. The van der Waals surface area contributed by atoms with Crippen molar-refractivity contribution in [1.29, 1.82) is 0 Å². The minimum atomic E-state index is -0.510. The highest BCUT2D eigenvalue weighted by atomic mass is 16.5. The molecule has 140 valence electrons. The van der Waals surface area contributed by atoms with E-state index in [9.17, 15) is 14.4 Å². The van der Waals surface area contributed by atoms with Crippen LogP contribution in [-0.2, 0) is 19.1 Å². The van der Waals surface area contributed by atoms with Gasteiger partial charge in [0.1, 0.15) is 0 Å². The van der Waals surface area contributed by atoms with Crippen molar-refractivity contribution in [3.05, 3.63) is 29.8 Å². The Labute approximate surface area is 152 Å². The molecule has 1 N–H and O–H groups in total. The first-order valence-electron chi connectivity index (χ1n) is 8.69. The summed E-state index contributed by atoms with van der Waals surface area (Å²) in [5.74, 6) is -0.967. The van der Waals surface area contributed by atoms with Crippen LogP contribution in [0.15, 0.2) is 24.3 Å². The van der Waals surface area contributed by atoms with E-state index < -0.39 is 12.0 Å². The number of carbonyl (C=O) groups is 3. The van der Waals surface area contributed by atoms with Crippen molar-refractivity contribution in [2.75, 3.05) is 51.4 Å². The molecule has 2 aliphatic rings. The van der Waals surface area contributed by atoms with Crippen molar-refractivity contribution in [3.63, 3.8) is 0 Å². The summed E-state index contributed by atoms with van der Waals surface area (Å²) < 4.78 is 9.95. The SMILES string of the molecule is COC(=O)c1ccc(N2C(=O)CC(NCCN3CCOCC3)C2=O)cc1. The van der Waals surface area contributed by atoms with E-state index in [0.717, 1.165) is 32.8 Å². The molecule has 8 heteroatoms. The molecule has 0 spiro atoms. The van der Waals surface area contributed by atoms with Gasteiger partial charge in [0.25, 0.3) is 5.91 Å². The number of morpholine rings is 1. The number of hydrogen-bond donors (Lipinski definition) is 1. The third kappa shape index (κ3) is 4.09. The molecule has 2 fully saturated rings. The van der Waals surface area contributed by atoms with E-state index in [0.29, 0.717) is 17.8 Å². The maximum atomic E-state index is 12.6. The molecule has 8 nitrogen and oxygen atoms in total. The fraction of sp³-hybridized carbons (Fsp3) is 0.500. The van der Waals surface area contributed by atoms with Crippen LogP contribution < -0.4 is 10.2 Å². The standard InChI is InChI=1S/C18H23N3O5/c1-25-18(24)13-2-4-14(5-3-13)21-16(22)12-15(17(21)23)19-6-7-20-8-10-26-11-9-20/h2-5,15,19H,6-12H2,1H3. The average molecular weight is 361 g/mol. The molecule has 1 aromatic rings. The molecule has 0 radical (unpaired) electrons. The van der Waals surface area contributed by atoms with Crippen LogP contribution in [0.25, 0.3) is 0 Å². The van der Waals surface area contributed by atoms with Gasteiger partial charge < -0.3 is 14.8 Å². The fourth-order valence-corrected chi connectivity index (χ4v) is 3.15. The lowest BCUT2D eigenvalue weighted by Gasteiger charge is -2.27. The van der Waals surface area contributed by atoms with E-state index >= 15 is 0 Å². The Morgan fingerprint density at radius 1 is 1.23 bits per heavy atom. The normalized spacial score (nSPS) is 21.3. The zero-order chi connectivity index (χ0) is 18.5. The molecular weight excluding hydrogens is 338 g/mol. The molecule has 0 bridgehead atoms. The summed E-state index contributed by atoms with van der Waals surface area (Å²) in [6.07, 6.45) is 0.140. The Bertz CT molecular complexity index is 670. The minimum absolute atomic E-state index is 0.140. The number of esters is 1. The van der Waals surface area contributed by atoms with E-state index in [2.05, 4.69) is 15.0 Å². The number of rotatable bonds is 6. The lowest BCUT2D eigenvalue weighted by molar-refractivity contribution is -0.121. The number of carbonyl (C=O) groups excluding carboxylic acids is 3. The Hall–Kier alpha value is -2.29. The van der Waals surface area contributed by atoms with Gasteiger partial charge >= 0.3 is 5.97 Å². The van der Waals surface area contributed by atoms with Crippen LogP contribution in [0, 0.1) is 0 Å². The van der Waals surface area contributed by atoms with Crippen molar-refractivity contribution < 1.29 is 23.9 Å². The smallest absolute Gasteiger partial charge is 0.337 e. The lowest BCUT2D eigenvalue weighted by Crippen LogP contribution is -2.44. The quantitative estimate of drug-likeness (QED) is 0.565. The molecule has 0 aliphatic carbocycles. The van der Waals surface area contributed by atoms with Crippen LogP contribution >= 0.6 is 0 Å². The van der Waals surface area contributed by atoms with Crippen molar-refractivity contribution in [2.24, 2.45) is 0 Å². The van der Waals surface area contributed by atoms with Crippen LogP contribution in [0.1, 0.15) is 16.8 Å². The van der Waals surface area contributed by atoms with E-state index in [1.165, 1.54) is 12.0 Å². The van der Waals surface area contributed by atoms with Gasteiger partial charge in [-0.1, -0.05) is 0 Å². The summed E-state index contributed by atoms with van der Waals surface area (Å²) in [6, 6.07) is 5.74. The van der Waals surface area contributed by atoms with Crippen LogP contribution in [0.2, 0.25) is 0 Å². The number of anilines is 1. The van der Waals surface area contributed by atoms with Gasteiger partial charge in [0.2, 0.25) is 5.91 Å². The number of ether oxygens (including phenoxy) is 2. The van der Waals surface area contributed by atoms with Crippen molar-refractivity contribution >= 4 is 23.5 Å².